The monoisotopic (exact) mass is 430 g/mol. The molecule has 0 saturated carbocycles. The molecule has 1 fully saturated rings. The molecule has 1 aliphatic heterocycles. The maximum atomic E-state index is 12.4. The van der Waals surface area contributed by atoms with Crippen molar-refractivity contribution in [2.45, 2.75) is 39.1 Å². The molecule has 0 aliphatic carbocycles. The van der Waals surface area contributed by atoms with E-state index in [9.17, 15) is 13.2 Å². The minimum absolute atomic E-state index is 0.307. The van der Waals surface area contributed by atoms with Crippen LogP contribution in [0.15, 0.2) is 30.5 Å². The van der Waals surface area contributed by atoms with Crippen molar-refractivity contribution in [3.8, 4) is 5.75 Å². The molecule has 0 unspecified atom stereocenters. The fraction of sp³-hybridized carbons (Fsp3) is 0.391. The number of alkyl halides is 3. The lowest BCUT2D eigenvalue weighted by Gasteiger charge is -2.31. The lowest BCUT2D eigenvalue weighted by atomic mass is 10.0. The van der Waals surface area contributed by atoms with Gasteiger partial charge in [-0.15, -0.1) is 13.2 Å². The Labute approximate surface area is 179 Å². The maximum absolute atomic E-state index is 12.4. The second-order valence-corrected chi connectivity index (χ2v) is 8.06. The van der Waals surface area contributed by atoms with Gasteiger partial charge in [0.05, 0.1) is 22.9 Å². The highest BCUT2D eigenvalue weighted by atomic mass is 19.4. The van der Waals surface area contributed by atoms with Gasteiger partial charge in [0.25, 0.3) is 0 Å². The normalized spacial score (nSPS) is 16.5. The zero-order valence-electron chi connectivity index (χ0n) is 17.8. The third-order valence-corrected chi connectivity index (χ3v) is 5.78. The van der Waals surface area contributed by atoms with E-state index in [1.807, 2.05) is 12.2 Å². The minimum Gasteiger partial charge on any atom is -0.406 e. The highest BCUT2D eigenvalue weighted by Gasteiger charge is 2.31. The molecule has 1 saturated heterocycles. The van der Waals surface area contributed by atoms with Crippen LogP contribution in [0.1, 0.15) is 41.5 Å². The van der Waals surface area contributed by atoms with Crippen LogP contribution in [0.5, 0.6) is 5.75 Å². The van der Waals surface area contributed by atoms with Crippen LogP contribution in [0.4, 0.5) is 13.2 Å². The summed E-state index contributed by atoms with van der Waals surface area (Å²) in [5.41, 5.74) is 5.10. The van der Waals surface area contributed by atoms with Crippen LogP contribution in [0, 0.1) is 13.8 Å². The molecular formula is C23H25F3N4O. The molecule has 1 aliphatic rings. The van der Waals surface area contributed by atoms with Crippen LogP contribution in [0.25, 0.3) is 23.2 Å². The number of nitrogens with zero attached hydrogens (tertiary/aromatic N) is 4. The Morgan fingerprint density at radius 1 is 1.06 bits per heavy atom. The van der Waals surface area contributed by atoms with E-state index in [0.29, 0.717) is 22.8 Å². The first-order chi connectivity index (χ1) is 14.7. The van der Waals surface area contributed by atoms with Crippen LogP contribution in [0.3, 0.4) is 0 Å². The Balaban J connectivity index is 1.54. The van der Waals surface area contributed by atoms with Crippen LogP contribution in [-0.4, -0.2) is 45.9 Å². The van der Waals surface area contributed by atoms with Gasteiger partial charge in [-0.2, -0.15) is 0 Å². The lowest BCUT2D eigenvalue weighted by Crippen LogP contribution is -2.32. The number of hydrogen-bond donors (Lipinski definition) is 0. The standard InChI is InChI=1S/C23H25F3N4O/c1-15-12-17(16(2)30(15)19-8-10-29(3)11-9-19)4-5-18-14-27-22-13-20(31-23(24,25)26)6-7-21(22)28-18/h4-7,12-14,19H,8-11H2,1-3H3/b5-4+. The minimum atomic E-state index is -4.73. The highest BCUT2D eigenvalue weighted by molar-refractivity contribution is 5.78. The maximum Gasteiger partial charge on any atom is 0.573 e. The molecule has 0 bridgehead atoms. The fourth-order valence-corrected chi connectivity index (χ4v) is 4.24. The molecule has 0 atom stereocenters. The average molecular weight is 430 g/mol. The van der Waals surface area contributed by atoms with Crippen LogP contribution >= 0.6 is 0 Å². The van der Waals surface area contributed by atoms with Gasteiger partial charge >= 0.3 is 6.36 Å². The summed E-state index contributed by atoms with van der Waals surface area (Å²) in [5.74, 6) is -0.307. The number of piperidine rings is 1. The van der Waals surface area contributed by atoms with Gasteiger partial charge in [0.2, 0.25) is 0 Å². The highest BCUT2D eigenvalue weighted by Crippen LogP contribution is 2.29. The molecule has 8 heteroatoms. The summed E-state index contributed by atoms with van der Waals surface area (Å²) in [5, 5.41) is 0. The quantitative estimate of drug-likeness (QED) is 0.557. The Bertz CT molecular complexity index is 1110. The van der Waals surface area contributed by atoms with E-state index in [1.54, 1.807) is 6.20 Å². The summed E-state index contributed by atoms with van der Waals surface area (Å²) in [6, 6.07) is 6.66. The van der Waals surface area contributed by atoms with Crippen molar-refractivity contribution in [3.05, 3.63) is 53.1 Å². The van der Waals surface area contributed by atoms with Crippen LogP contribution in [-0.2, 0) is 0 Å². The Hall–Kier alpha value is -2.87. The van der Waals surface area contributed by atoms with Gasteiger partial charge < -0.3 is 14.2 Å². The first-order valence-corrected chi connectivity index (χ1v) is 10.3. The number of rotatable bonds is 4. The number of aromatic nitrogens is 3. The second kappa shape index (κ2) is 8.34. The van der Waals surface area contributed by atoms with E-state index in [4.69, 9.17) is 0 Å². The van der Waals surface area contributed by atoms with Crippen LogP contribution in [0.2, 0.25) is 0 Å². The average Bonchev–Trinajstić information content (AvgIpc) is 2.99. The molecule has 31 heavy (non-hydrogen) atoms. The van der Waals surface area contributed by atoms with Crippen molar-refractivity contribution in [1.82, 2.24) is 19.4 Å². The number of ether oxygens (including phenoxy) is 1. The number of benzene rings is 1. The lowest BCUT2D eigenvalue weighted by molar-refractivity contribution is -0.274. The summed E-state index contributed by atoms with van der Waals surface area (Å²) < 4.78 is 43.6. The third kappa shape index (κ3) is 4.90. The summed E-state index contributed by atoms with van der Waals surface area (Å²) in [7, 11) is 2.16. The van der Waals surface area contributed by atoms with Gasteiger partial charge in [-0.1, -0.05) is 6.08 Å². The Morgan fingerprint density at radius 3 is 2.52 bits per heavy atom. The molecule has 4 rings (SSSR count). The van der Waals surface area contributed by atoms with Crippen molar-refractivity contribution in [2.24, 2.45) is 0 Å². The number of halogens is 3. The predicted molar refractivity (Wildman–Crippen MR) is 115 cm³/mol. The topological polar surface area (TPSA) is 43.2 Å². The van der Waals surface area contributed by atoms with E-state index in [-0.39, 0.29) is 5.75 Å². The zero-order chi connectivity index (χ0) is 22.2. The van der Waals surface area contributed by atoms with Crippen molar-refractivity contribution in [2.75, 3.05) is 20.1 Å². The van der Waals surface area contributed by atoms with Gasteiger partial charge in [0.15, 0.2) is 0 Å². The van der Waals surface area contributed by atoms with Gasteiger partial charge in [-0.3, -0.25) is 4.98 Å². The molecule has 1 aromatic carbocycles. The van der Waals surface area contributed by atoms with Crippen molar-refractivity contribution < 1.29 is 17.9 Å². The molecule has 2 aromatic heterocycles. The Morgan fingerprint density at radius 2 is 1.81 bits per heavy atom. The summed E-state index contributed by atoms with van der Waals surface area (Å²) in [6.45, 7) is 6.49. The van der Waals surface area contributed by atoms with Crippen molar-refractivity contribution in [3.63, 3.8) is 0 Å². The van der Waals surface area contributed by atoms with Gasteiger partial charge in [0, 0.05) is 23.5 Å². The zero-order valence-corrected chi connectivity index (χ0v) is 17.8. The number of likely N-dealkylation sites (tertiary alicyclic amines) is 1. The summed E-state index contributed by atoms with van der Waals surface area (Å²) in [4.78, 5) is 11.1. The summed E-state index contributed by atoms with van der Waals surface area (Å²) in [6.07, 6.45) is 3.01. The SMILES string of the molecule is Cc1cc(/C=C/c2cnc3cc(OC(F)(F)F)ccc3n2)c(C)n1C1CCN(C)CC1. The first-order valence-electron chi connectivity index (χ1n) is 10.3. The summed E-state index contributed by atoms with van der Waals surface area (Å²) >= 11 is 0. The first kappa shape index (κ1) is 21.4. The van der Waals surface area contributed by atoms with Crippen molar-refractivity contribution in [1.29, 1.82) is 0 Å². The number of aryl methyl sites for hydroxylation is 1. The molecule has 5 nitrogen and oxygen atoms in total. The molecule has 0 amide bonds. The molecule has 3 aromatic rings. The smallest absolute Gasteiger partial charge is 0.406 e. The van der Waals surface area contributed by atoms with E-state index >= 15 is 0 Å². The van der Waals surface area contributed by atoms with E-state index in [0.717, 1.165) is 31.5 Å². The fourth-order valence-electron chi connectivity index (χ4n) is 4.24. The third-order valence-electron chi connectivity index (χ3n) is 5.78. The Kier molecular flexibility index (Phi) is 5.75. The predicted octanol–water partition coefficient (Wildman–Crippen LogP) is 5.38. The van der Waals surface area contributed by atoms with Gasteiger partial charge in [-0.25, -0.2) is 4.98 Å². The van der Waals surface area contributed by atoms with E-state index in [1.165, 1.54) is 29.6 Å². The van der Waals surface area contributed by atoms with E-state index < -0.39 is 6.36 Å². The number of fused-ring (bicyclic) bond motifs is 1. The van der Waals surface area contributed by atoms with Gasteiger partial charge in [-0.05, 0) is 76.7 Å². The molecule has 0 N–H and O–H groups in total. The molecular weight excluding hydrogens is 405 g/mol. The van der Waals surface area contributed by atoms with Crippen molar-refractivity contribution >= 4 is 23.2 Å². The van der Waals surface area contributed by atoms with E-state index in [2.05, 4.69) is 51.1 Å². The molecule has 3 heterocycles. The molecule has 0 spiro atoms. The molecule has 164 valence electrons. The second-order valence-electron chi connectivity index (χ2n) is 8.06. The van der Waals surface area contributed by atoms with Crippen LogP contribution < -0.4 is 4.74 Å². The largest absolute Gasteiger partial charge is 0.573 e. The number of hydrogen-bond acceptors (Lipinski definition) is 4. The van der Waals surface area contributed by atoms with Gasteiger partial charge in [0.1, 0.15) is 5.75 Å². The molecule has 0 radical (unpaired) electrons.